The van der Waals surface area contributed by atoms with E-state index in [2.05, 4.69) is 4.98 Å². The normalized spacial score (nSPS) is 12.5. The number of H-pyrrole nitrogens is 1. The van der Waals surface area contributed by atoms with Crippen LogP contribution in [-0.2, 0) is 20.6 Å². The molecular weight excluding hydrogens is 356 g/mol. The van der Waals surface area contributed by atoms with Gasteiger partial charge in [-0.1, -0.05) is 12.1 Å². The Labute approximate surface area is 153 Å². The van der Waals surface area contributed by atoms with Crippen LogP contribution in [0.2, 0.25) is 0 Å². The van der Waals surface area contributed by atoms with Crippen molar-refractivity contribution in [1.29, 1.82) is 0 Å². The van der Waals surface area contributed by atoms with E-state index in [1.54, 1.807) is 7.05 Å². The minimum atomic E-state index is -0.886. The van der Waals surface area contributed by atoms with Crippen LogP contribution in [0.5, 0.6) is 5.75 Å². The number of nitrogens with zero attached hydrogens (tertiary/aromatic N) is 3. The Morgan fingerprint density at radius 1 is 1.27 bits per heavy atom. The largest absolute Gasteiger partial charge is 0.491 e. The molecule has 3 aromatic rings. The smallest absolute Gasteiger partial charge is 0.332 e. The van der Waals surface area contributed by atoms with Crippen molar-refractivity contribution < 1.29 is 9.84 Å². The number of nitrogens with one attached hydrogen (secondary N) is 1. The standard InChI is InChI=1S/C17H20N4O4S/c1-10-5-4-6-12(7-10)25-9-11(22)8-21-13-14(18-16(21)26)19(2)17(24)20(3)15(13)23/h4-7,11,22H,8-9H2,1-3H3,(H,18,26). The molecule has 0 bridgehead atoms. The van der Waals surface area contributed by atoms with Gasteiger partial charge in [-0.25, -0.2) is 4.79 Å². The zero-order valence-electron chi connectivity index (χ0n) is 14.7. The lowest BCUT2D eigenvalue weighted by Gasteiger charge is -2.14. The van der Waals surface area contributed by atoms with Crippen molar-refractivity contribution in [2.24, 2.45) is 14.1 Å². The molecule has 3 rings (SSSR count). The second kappa shape index (κ2) is 6.93. The summed E-state index contributed by atoms with van der Waals surface area (Å²) in [5, 5.41) is 10.3. The molecule has 9 heteroatoms. The number of hydrogen-bond acceptors (Lipinski definition) is 5. The topological polar surface area (TPSA) is 94.2 Å². The van der Waals surface area contributed by atoms with Crippen LogP contribution in [-0.4, -0.2) is 36.5 Å². The van der Waals surface area contributed by atoms with Crippen molar-refractivity contribution in [3.8, 4) is 5.75 Å². The average molecular weight is 376 g/mol. The maximum atomic E-state index is 12.5. The van der Waals surface area contributed by atoms with Gasteiger partial charge in [-0.05, 0) is 36.8 Å². The monoisotopic (exact) mass is 376 g/mol. The van der Waals surface area contributed by atoms with E-state index >= 15 is 0 Å². The number of aliphatic hydroxyl groups is 1. The summed E-state index contributed by atoms with van der Waals surface area (Å²) in [6.45, 7) is 2.07. The zero-order valence-corrected chi connectivity index (χ0v) is 15.5. The summed E-state index contributed by atoms with van der Waals surface area (Å²) < 4.78 is 9.68. The summed E-state index contributed by atoms with van der Waals surface area (Å²) in [5.74, 6) is 0.657. The molecule has 1 aromatic carbocycles. The van der Waals surface area contributed by atoms with E-state index in [9.17, 15) is 14.7 Å². The number of rotatable bonds is 5. The molecule has 138 valence electrons. The van der Waals surface area contributed by atoms with Crippen LogP contribution >= 0.6 is 12.2 Å². The predicted molar refractivity (Wildman–Crippen MR) is 100 cm³/mol. The van der Waals surface area contributed by atoms with Gasteiger partial charge in [0.15, 0.2) is 10.3 Å². The molecule has 0 fully saturated rings. The van der Waals surface area contributed by atoms with Crippen molar-refractivity contribution in [2.45, 2.75) is 19.6 Å². The summed E-state index contributed by atoms with van der Waals surface area (Å²) in [6.07, 6.45) is -0.886. The quantitative estimate of drug-likeness (QED) is 0.644. The Morgan fingerprint density at radius 2 is 2.00 bits per heavy atom. The number of ether oxygens (including phenoxy) is 1. The van der Waals surface area contributed by atoms with Crippen LogP contribution in [0.25, 0.3) is 11.2 Å². The van der Waals surface area contributed by atoms with Crippen LogP contribution in [0.15, 0.2) is 33.9 Å². The van der Waals surface area contributed by atoms with Crippen LogP contribution in [0.1, 0.15) is 5.56 Å². The summed E-state index contributed by atoms with van der Waals surface area (Å²) in [6, 6.07) is 7.50. The molecular formula is C17H20N4O4S. The fourth-order valence-corrected chi connectivity index (χ4v) is 3.08. The van der Waals surface area contributed by atoms with Gasteiger partial charge >= 0.3 is 5.69 Å². The van der Waals surface area contributed by atoms with Gasteiger partial charge in [-0.15, -0.1) is 0 Å². The second-order valence-electron chi connectivity index (χ2n) is 6.23. The number of aromatic amines is 1. The molecule has 0 aliphatic heterocycles. The molecule has 0 aliphatic carbocycles. The lowest BCUT2D eigenvalue weighted by molar-refractivity contribution is 0.0930. The van der Waals surface area contributed by atoms with Crippen molar-refractivity contribution in [2.75, 3.05) is 6.61 Å². The second-order valence-corrected chi connectivity index (χ2v) is 6.61. The van der Waals surface area contributed by atoms with Crippen LogP contribution in [0.3, 0.4) is 0 Å². The molecule has 2 N–H and O–H groups in total. The van der Waals surface area contributed by atoms with Crippen molar-refractivity contribution >= 4 is 23.4 Å². The number of aliphatic hydroxyl groups excluding tert-OH is 1. The summed E-state index contributed by atoms with van der Waals surface area (Å²) in [5.41, 5.74) is 0.709. The molecule has 0 radical (unpaired) electrons. The molecule has 2 aromatic heterocycles. The summed E-state index contributed by atoms with van der Waals surface area (Å²) in [7, 11) is 2.96. The van der Waals surface area contributed by atoms with Crippen LogP contribution in [0, 0.1) is 11.7 Å². The lowest BCUT2D eigenvalue weighted by atomic mass is 10.2. The van der Waals surface area contributed by atoms with Gasteiger partial charge in [0.2, 0.25) is 0 Å². The molecule has 0 aliphatic rings. The van der Waals surface area contributed by atoms with E-state index < -0.39 is 17.4 Å². The average Bonchev–Trinajstić information content (AvgIpc) is 2.93. The first-order valence-electron chi connectivity index (χ1n) is 8.05. The van der Waals surface area contributed by atoms with Crippen LogP contribution < -0.4 is 16.0 Å². The number of aromatic nitrogens is 4. The minimum Gasteiger partial charge on any atom is -0.491 e. The minimum absolute atomic E-state index is 0.0456. The van der Waals surface area contributed by atoms with Crippen molar-refractivity contribution in [3.05, 3.63) is 55.4 Å². The molecule has 2 heterocycles. The fourth-order valence-electron chi connectivity index (χ4n) is 2.82. The van der Waals surface area contributed by atoms with Gasteiger partial charge in [0.05, 0.1) is 6.54 Å². The van der Waals surface area contributed by atoms with E-state index in [0.717, 1.165) is 10.1 Å². The van der Waals surface area contributed by atoms with E-state index in [0.29, 0.717) is 11.4 Å². The van der Waals surface area contributed by atoms with Gasteiger partial charge in [-0.3, -0.25) is 13.9 Å². The molecule has 1 atom stereocenters. The highest BCUT2D eigenvalue weighted by molar-refractivity contribution is 7.71. The van der Waals surface area contributed by atoms with Gasteiger partial charge in [0.25, 0.3) is 5.56 Å². The molecule has 0 saturated carbocycles. The molecule has 0 spiro atoms. The third-order valence-electron chi connectivity index (χ3n) is 4.21. The molecule has 0 saturated heterocycles. The Hall–Kier alpha value is -2.65. The molecule has 8 nitrogen and oxygen atoms in total. The summed E-state index contributed by atoms with van der Waals surface area (Å²) >= 11 is 5.26. The van der Waals surface area contributed by atoms with Crippen molar-refractivity contribution in [1.82, 2.24) is 18.7 Å². The van der Waals surface area contributed by atoms with Gasteiger partial charge < -0.3 is 19.4 Å². The van der Waals surface area contributed by atoms with Gasteiger partial charge in [-0.2, -0.15) is 0 Å². The predicted octanol–water partition coefficient (Wildman–Crippen LogP) is 0.845. The van der Waals surface area contributed by atoms with Gasteiger partial charge in [0, 0.05) is 14.1 Å². The van der Waals surface area contributed by atoms with Crippen LogP contribution in [0.4, 0.5) is 0 Å². The highest BCUT2D eigenvalue weighted by Gasteiger charge is 2.17. The molecule has 26 heavy (non-hydrogen) atoms. The fraction of sp³-hybridized carbons (Fsp3) is 0.353. The highest BCUT2D eigenvalue weighted by atomic mass is 32.1. The zero-order chi connectivity index (χ0) is 19.0. The van der Waals surface area contributed by atoms with E-state index in [1.807, 2.05) is 31.2 Å². The maximum Gasteiger partial charge on any atom is 0.332 e. The third kappa shape index (κ3) is 3.23. The first kappa shape index (κ1) is 18.2. The van der Waals surface area contributed by atoms with E-state index in [-0.39, 0.29) is 23.4 Å². The Balaban J connectivity index is 1.89. The first-order chi connectivity index (χ1) is 12.3. The van der Waals surface area contributed by atoms with Gasteiger partial charge in [0.1, 0.15) is 24.1 Å². The first-order valence-corrected chi connectivity index (χ1v) is 8.46. The Bertz CT molecular complexity index is 1140. The van der Waals surface area contributed by atoms with Crippen molar-refractivity contribution in [3.63, 3.8) is 0 Å². The van der Waals surface area contributed by atoms with E-state index in [4.69, 9.17) is 17.0 Å². The van der Waals surface area contributed by atoms with E-state index in [1.165, 1.54) is 16.2 Å². The Kier molecular flexibility index (Phi) is 4.84. The number of benzene rings is 1. The number of fused-ring (bicyclic) bond motifs is 1. The molecule has 1 unspecified atom stereocenters. The number of aryl methyl sites for hydroxylation is 2. The SMILES string of the molecule is Cc1cccc(OCC(O)Cn2c(=S)[nH]c3c2c(=O)n(C)c(=O)n3C)c1. The summed E-state index contributed by atoms with van der Waals surface area (Å²) in [4.78, 5) is 27.4. The third-order valence-corrected chi connectivity index (χ3v) is 4.53. The molecule has 0 amide bonds. The highest BCUT2D eigenvalue weighted by Crippen LogP contribution is 2.13. The number of imidazole rings is 1. The number of hydrogen-bond donors (Lipinski definition) is 2. The maximum absolute atomic E-state index is 12.5. The Morgan fingerprint density at radius 3 is 2.69 bits per heavy atom. The lowest BCUT2D eigenvalue weighted by Crippen LogP contribution is -2.38.